The first-order valence-electron chi connectivity index (χ1n) is 4.50. The number of rotatable bonds is 5. The van der Waals surface area contributed by atoms with Crippen LogP contribution in [0.3, 0.4) is 0 Å². The van der Waals surface area contributed by atoms with Gasteiger partial charge in [0.05, 0.1) is 6.54 Å². The van der Waals surface area contributed by atoms with E-state index in [9.17, 15) is 0 Å². The van der Waals surface area contributed by atoms with E-state index in [1.807, 2.05) is 0 Å². The maximum atomic E-state index is 8.22. The second kappa shape index (κ2) is 4.98. The molecule has 4 nitrogen and oxygen atoms in total. The average Bonchev–Trinajstić information content (AvgIpc) is 2.00. The second-order valence-electron chi connectivity index (χ2n) is 3.35. The summed E-state index contributed by atoms with van der Waals surface area (Å²) in [5.41, 5.74) is 5.27. The molecule has 1 saturated carbocycles. The molecule has 12 heavy (non-hydrogen) atoms. The van der Waals surface area contributed by atoms with Crippen molar-refractivity contribution in [1.82, 2.24) is 5.32 Å². The van der Waals surface area contributed by atoms with E-state index in [0.29, 0.717) is 6.54 Å². The Balaban J connectivity index is 1.88. The zero-order valence-electron chi connectivity index (χ0n) is 7.29. The molecule has 1 rings (SSSR count). The lowest BCUT2D eigenvalue weighted by Gasteiger charge is -2.25. The van der Waals surface area contributed by atoms with Gasteiger partial charge in [-0.3, -0.25) is 0 Å². The maximum Gasteiger partial charge on any atom is 0.153 e. The molecule has 0 aromatic heterocycles. The zero-order valence-corrected chi connectivity index (χ0v) is 7.29. The van der Waals surface area contributed by atoms with Gasteiger partial charge in [-0.25, -0.2) is 0 Å². The molecule has 0 saturated heterocycles. The topological polar surface area (TPSA) is 70.6 Å². The third kappa shape index (κ3) is 3.09. The van der Waals surface area contributed by atoms with Crippen LogP contribution in [0.1, 0.15) is 25.7 Å². The molecule has 0 aliphatic heterocycles. The van der Waals surface area contributed by atoms with E-state index < -0.39 is 0 Å². The van der Waals surface area contributed by atoms with Crippen LogP contribution in [0.5, 0.6) is 0 Å². The Morgan fingerprint density at radius 2 is 2.33 bits per heavy atom. The van der Waals surface area contributed by atoms with Crippen molar-refractivity contribution < 1.29 is 5.21 Å². The molecule has 0 heterocycles. The molecule has 0 amide bonds. The van der Waals surface area contributed by atoms with Gasteiger partial charge < -0.3 is 16.3 Å². The summed E-state index contributed by atoms with van der Waals surface area (Å²) in [6.07, 6.45) is 5.38. The predicted molar refractivity (Wildman–Crippen MR) is 48.2 cm³/mol. The van der Waals surface area contributed by atoms with Crippen LogP contribution in [0.15, 0.2) is 5.16 Å². The highest BCUT2D eigenvalue weighted by Gasteiger charge is 2.15. The minimum Gasteiger partial charge on any atom is -0.409 e. The molecule has 0 unspecified atom stereocenters. The molecule has 1 fully saturated rings. The van der Waals surface area contributed by atoms with Crippen molar-refractivity contribution in [3.8, 4) is 0 Å². The van der Waals surface area contributed by atoms with E-state index in [1.165, 1.54) is 25.7 Å². The van der Waals surface area contributed by atoms with Gasteiger partial charge in [0.1, 0.15) is 0 Å². The third-order valence-electron chi connectivity index (χ3n) is 2.39. The summed E-state index contributed by atoms with van der Waals surface area (Å²) in [6.45, 7) is 1.46. The Labute approximate surface area is 72.8 Å². The SMILES string of the molecule is NC(CNCCC1CCC1)=NO. The van der Waals surface area contributed by atoms with Gasteiger partial charge in [0.2, 0.25) is 0 Å². The van der Waals surface area contributed by atoms with Crippen molar-refractivity contribution in [3.63, 3.8) is 0 Å². The van der Waals surface area contributed by atoms with Crippen molar-refractivity contribution in [3.05, 3.63) is 0 Å². The van der Waals surface area contributed by atoms with E-state index in [1.54, 1.807) is 0 Å². The van der Waals surface area contributed by atoms with Crippen LogP contribution in [0, 0.1) is 5.92 Å². The molecule has 0 radical (unpaired) electrons. The van der Waals surface area contributed by atoms with Gasteiger partial charge in [0.25, 0.3) is 0 Å². The van der Waals surface area contributed by atoms with Gasteiger partial charge in [0, 0.05) is 0 Å². The largest absolute Gasteiger partial charge is 0.409 e. The van der Waals surface area contributed by atoms with E-state index in [-0.39, 0.29) is 5.84 Å². The summed E-state index contributed by atoms with van der Waals surface area (Å²) in [5.74, 6) is 1.17. The quantitative estimate of drug-likeness (QED) is 0.185. The normalized spacial score (nSPS) is 19.2. The first-order chi connectivity index (χ1) is 5.83. The van der Waals surface area contributed by atoms with Gasteiger partial charge >= 0.3 is 0 Å². The summed E-state index contributed by atoms with van der Waals surface area (Å²) >= 11 is 0. The minimum absolute atomic E-state index is 0.253. The smallest absolute Gasteiger partial charge is 0.153 e. The molecule has 4 N–H and O–H groups in total. The first kappa shape index (κ1) is 9.32. The van der Waals surface area contributed by atoms with Crippen molar-refractivity contribution in [2.24, 2.45) is 16.8 Å². The molecular weight excluding hydrogens is 154 g/mol. The lowest BCUT2D eigenvalue weighted by molar-refractivity contribution is 0.293. The summed E-state index contributed by atoms with van der Waals surface area (Å²) in [7, 11) is 0. The Morgan fingerprint density at radius 1 is 1.58 bits per heavy atom. The van der Waals surface area contributed by atoms with E-state index >= 15 is 0 Å². The van der Waals surface area contributed by atoms with Crippen LogP contribution in [-0.2, 0) is 0 Å². The van der Waals surface area contributed by atoms with Crippen LogP contribution in [0.2, 0.25) is 0 Å². The maximum absolute atomic E-state index is 8.22. The summed E-state index contributed by atoms with van der Waals surface area (Å²) in [4.78, 5) is 0. The highest BCUT2D eigenvalue weighted by atomic mass is 16.4. The van der Waals surface area contributed by atoms with E-state index in [0.717, 1.165) is 12.5 Å². The van der Waals surface area contributed by atoms with Crippen molar-refractivity contribution in [2.75, 3.05) is 13.1 Å². The van der Waals surface area contributed by atoms with E-state index in [2.05, 4.69) is 10.5 Å². The number of hydrogen-bond acceptors (Lipinski definition) is 3. The van der Waals surface area contributed by atoms with E-state index in [4.69, 9.17) is 10.9 Å². The molecule has 0 spiro atoms. The van der Waals surface area contributed by atoms with Crippen molar-refractivity contribution in [1.29, 1.82) is 0 Å². The first-order valence-corrected chi connectivity index (χ1v) is 4.50. The molecule has 0 bridgehead atoms. The number of nitrogens with zero attached hydrogens (tertiary/aromatic N) is 1. The number of oxime groups is 1. The van der Waals surface area contributed by atoms with Crippen LogP contribution in [-0.4, -0.2) is 24.1 Å². The van der Waals surface area contributed by atoms with Gasteiger partial charge in [-0.05, 0) is 18.9 Å². The van der Waals surface area contributed by atoms with Gasteiger partial charge in [-0.15, -0.1) is 0 Å². The third-order valence-corrected chi connectivity index (χ3v) is 2.39. The van der Waals surface area contributed by atoms with Crippen LogP contribution >= 0.6 is 0 Å². The fraction of sp³-hybridized carbons (Fsp3) is 0.875. The zero-order chi connectivity index (χ0) is 8.81. The van der Waals surface area contributed by atoms with Gasteiger partial charge in [0.15, 0.2) is 5.84 Å². The highest BCUT2D eigenvalue weighted by Crippen LogP contribution is 2.28. The fourth-order valence-electron chi connectivity index (χ4n) is 1.34. The van der Waals surface area contributed by atoms with Crippen LogP contribution < -0.4 is 11.1 Å². The van der Waals surface area contributed by atoms with Crippen LogP contribution in [0.25, 0.3) is 0 Å². The average molecular weight is 171 g/mol. The van der Waals surface area contributed by atoms with Gasteiger partial charge in [-0.2, -0.15) is 0 Å². The molecule has 0 aromatic rings. The lowest BCUT2D eigenvalue weighted by atomic mass is 9.83. The second-order valence-corrected chi connectivity index (χ2v) is 3.35. The highest BCUT2D eigenvalue weighted by molar-refractivity contribution is 5.81. The molecule has 70 valence electrons. The van der Waals surface area contributed by atoms with Gasteiger partial charge in [-0.1, -0.05) is 24.4 Å². The molecule has 4 heteroatoms. The Kier molecular flexibility index (Phi) is 3.87. The number of amidine groups is 1. The Morgan fingerprint density at radius 3 is 2.83 bits per heavy atom. The van der Waals surface area contributed by atoms with Crippen molar-refractivity contribution in [2.45, 2.75) is 25.7 Å². The number of nitrogens with two attached hydrogens (primary N) is 1. The monoisotopic (exact) mass is 171 g/mol. The Hall–Kier alpha value is -0.770. The Bertz CT molecular complexity index is 154. The lowest BCUT2D eigenvalue weighted by Crippen LogP contribution is -2.31. The molecule has 1 aliphatic rings. The molecule has 0 aromatic carbocycles. The summed E-state index contributed by atoms with van der Waals surface area (Å²) < 4.78 is 0. The number of hydrogen-bond donors (Lipinski definition) is 3. The molecular formula is C8H17N3O. The van der Waals surface area contributed by atoms with Crippen molar-refractivity contribution >= 4 is 5.84 Å². The fourth-order valence-corrected chi connectivity index (χ4v) is 1.34. The number of nitrogens with one attached hydrogen (secondary N) is 1. The predicted octanol–water partition coefficient (Wildman–Crippen LogP) is 0.513. The standard InChI is InChI=1S/C8H17N3O/c9-8(11-12)6-10-5-4-7-2-1-3-7/h7,10,12H,1-6H2,(H2,9,11). The molecule has 1 aliphatic carbocycles. The summed E-state index contributed by atoms with van der Waals surface area (Å²) in [5, 5.41) is 14.2. The molecule has 0 atom stereocenters. The van der Waals surface area contributed by atoms with Crippen LogP contribution in [0.4, 0.5) is 0 Å². The minimum atomic E-state index is 0.253. The summed E-state index contributed by atoms with van der Waals surface area (Å²) in [6, 6.07) is 0.